The van der Waals surface area contributed by atoms with Crippen LogP contribution in [0.15, 0.2) is 12.7 Å². The molecule has 0 saturated heterocycles. The Bertz CT molecular complexity index is 784. The van der Waals surface area contributed by atoms with Gasteiger partial charge >= 0.3 is 5.97 Å². The number of carboxylic acid groups (broad SMARTS) is 1. The van der Waals surface area contributed by atoms with Crippen LogP contribution in [-0.2, 0) is 4.79 Å². The molecule has 5 saturated carbocycles. The van der Waals surface area contributed by atoms with E-state index in [9.17, 15) is 9.90 Å². The standard InChI is InChI=1S/C29H46O2/c1-7-19-11-16-29(24(30)31)18-17-27(5)20(23(19)29)9-10-22-26(4)14-8-13-25(2,3)21(26)12-15-28(22,27)6/h7,19-23H,1,8-18H2,2-6H3,(H,30,31)/t19?,20?,21?,22?,23?,26?,27-,28?,29?/m1/s1. The minimum Gasteiger partial charge on any atom is -0.481 e. The van der Waals surface area contributed by atoms with Crippen molar-refractivity contribution in [2.45, 2.75) is 105 Å². The summed E-state index contributed by atoms with van der Waals surface area (Å²) in [6.07, 6.45) is 15.5. The Morgan fingerprint density at radius 3 is 2.26 bits per heavy atom. The smallest absolute Gasteiger partial charge is 0.309 e. The molecule has 8 unspecified atom stereocenters. The van der Waals surface area contributed by atoms with E-state index >= 15 is 0 Å². The predicted molar refractivity (Wildman–Crippen MR) is 127 cm³/mol. The minimum absolute atomic E-state index is 0.265. The Kier molecular flexibility index (Phi) is 4.71. The summed E-state index contributed by atoms with van der Waals surface area (Å²) in [7, 11) is 0. The highest BCUT2D eigenvalue weighted by atomic mass is 16.4. The number of rotatable bonds is 2. The van der Waals surface area contributed by atoms with Gasteiger partial charge in [0, 0.05) is 0 Å². The van der Waals surface area contributed by atoms with Gasteiger partial charge in [-0.1, -0.05) is 47.1 Å². The first kappa shape index (κ1) is 22.0. The molecule has 0 spiro atoms. The van der Waals surface area contributed by atoms with Crippen LogP contribution in [0.5, 0.6) is 0 Å². The van der Waals surface area contributed by atoms with Gasteiger partial charge in [-0.05, 0) is 115 Å². The number of carboxylic acids is 1. The van der Waals surface area contributed by atoms with Crippen LogP contribution in [0.3, 0.4) is 0 Å². The molecule has 0 aromatic rings. The summed E-state index contributed by atoms with van der Waals surface area (Å²) in [6, 6.07) is 0. The fraction of sp³-hybridized carbons (Fsp3) is 0.897. The van der Waals surface area contributed by atoms with Crippen LogP contribution in [-0.4, -0.2) is 11.1 Å². The van der Waals surface area contributed by atoms with Gasteiger partial charge in [-0.3, -0.25) is 4.79 Å². The van der Waals surface area contributed by atoms with Crippen LogP contribution in [0.4, 0.5) is 0 Å². The maximum absolute atomic E-state index is 12.6. The molecular formula is C29H46O2. The Hall–Kier alpha value is -0.790. The molecule has 2 heteroatoms. The van der Waals surface area contributed by atoms with Gasteiger partial charge < -0.3 is 5.11 Å². The molecule has 5 aliphatic carbocycles. The van der Waals surface area contributed by atoms with E-state index in [0.717, 1.165) is 37.5 Å². The lowest BCUT2D eigenvalue weighted by Gasteiger charge is -2.72. The monoisotopic (exact) mass is 426 g/mol. The zero-order chi connectivity index (χ0) is 22.4. The molecule has 0 aromatic carbocycles. The molecule has 9 atom stereocenters. The molecule has 1 N–H and O–H groups in total. The van der Waals surface area contributed by atoms with Gasteiger partial charge in [0.05, 0.1) is 5.41 Å². The van der Waals surface area contributed by atoms with Crippen LogP contribution in [0.25, 0.3) is 0 Å². The lowest BCUT2D eigenvalue weighted by molar-refractivity contribution is -0.237. The largest absolute Gasteiger partial charge is 0.481 e. The van der Waals surface area contributed by atoms with Crippen molar-refractivity contribution in [3.8, 4) is 0 Å². The highest BCUT2D eigenvalue weighted by Gasteiger charge is 2.71. The van der Waals surface area contributed by atoms with E-state index in [4.69, 9.17) is 0 Å². The molecule has 174 valence electrons. The molecule has 0 bridgehead atoms. The summed E-state index contributed by atoms with van der Waals surface area (Å²) >= 11 is 0. The van der Waals surface area contributed by atoms with E-state index < -0.39 is 11.4 Å². The third kappa shape index (κ3) is 2.54. The molecule has 5 aliphatic rings. The highest BCUT2D eigenvalue weighted by Crippen LogP contribution is 2.77. The van der Waals surface area contributed by atoms with Crippen molar-refractivity contribution in [1.29, 1.82) is 0 Å². The second-order valence-electron chi connectivity index (χ2n) is 13.9. The van der Waals surface area contributed by atoms with Crippen molar-refractivity contribution < 1.29 is 9.90 Å². The SMILES string of the molecule is C=CC1CCC2(C(=O)O)CC[C@]3(C)C(CCC4C5(C)CCCC(C)(C)C5CCC43C)C12. The third-order valence-corrected chi connectivity index (χ3v) is 13.0. The maximum atomic E-state index is 12.6. The Morgan fingerprint density at radius 2 is 1.58 bits per heavy atom. The topological polar surface area (TPSA) is 37.3 Å². The summed E-state index contributed by atoms with van der Waals surface area (Å²) in [5, 5.41) is 10.4. The average Bonchev–Trinajstić information content (AvgIpc) is 3.08. The van der Waals surface area contributed by atoms with E-state index in [2.05, 4.69) is 47.3 Å². The molecule has 31 heavy (non-hydrogen) atoms. The second kappa shape index (κ2) is 6.63. The van der Waals surface area contributed by atoms with Crippen LogP contribution in [0.2, 0.25) is 0 Å². The fourth-order valence-corrected chi connectivity index (χ4v) is 11.4. The van der Waals surface area contributed by atoms with Crippen molar-refractivity contribution >= 4 is 5.97 Å². The van der Waals surface area contributed by atoms with Gasteiger partial charge in [0.15, 0.2) is 0 Å². The van der Waals surface area contributed by atoms with Gasteiger partial charge in [-0.2, -0.15) is 0 Å². The second-order valence-corrected chi connectivity index (χ2v) is 13.9. The van der Waals surface area contributed by atoms with Crippen LogP contribution < -0.4 is 0 Å². The molecular weight excluding hydrogens is 380 g/mol. The molecule has 0 aromatic heterocycles. The Balaban J connectivity index is 1.56. The maximum Gasteiger partial charge on any atom is 0.309 e. The van der Waals surface area contributed by atoms with Crippen molar-refractivity contribution in [3.63, 3.8) is 0 Å². The average molecular weight is 427 g/mol. The van der Waals surface area contributed by atoms with E-state index in [1.54, 1.807) is 0 Å². The zero-order valence-electron chi connectivity index (χ0n) is 20.8. The quantitative estimate of drug-likeness (QED) is 0.459. The molecule has 5 rings (SSSR count). The molecule has 2 nitrogen and oxygen atoms in total. The van der Waals surface area contributed by atoms with E-state index in [0.29, 0.717) is 34.0 Å². The van der Waals surface area contributed by atoms with Crippen LogP contribution >= 0.6 is 0 Å². The van der Waals surface area contributed by atoms with Gasteiger partial charge in [0.1, 0.15) is 0 Å². The lowest BCUT2D eigenvalue weighted by atomic mass is 9.32. The van der Waals surface area contributed by atoms with Crippen LogP contribution in [0, 0.1) is 56.7 Å². The fourth-order valence-electron chi connectivity index (χ4n) is 11.4. The number of hydrogen-bond donors (Lipinski definition) is 1. The van der Waals surface area contributed by atoms with Gasteiger partial charge in [-0.25, -0.2) is 0 Å². The van der Waals surface area contributed by atoms with Crippen LogP contribution in [0.1, 0.15) is 105 Å². The molecule has 0 aliphatic heterocycles. The number of aliphatic carboxylic acids is 1. The Morgan fingerprint density at radius 1 is 0.839 bits per heavy atom. The first-order valence-corrected chi connectivity index (χ1v) is 13.3. The lowest BCUT2D eigenvalue weighted by Crippen LogP contribution is -2.66. The summed E-state index contributed by atoms with van der Waals surface area (Å²) in [5.41, 5.74) is 1.04. The number of carbonyl (C=O) groups is 1. The van der Waals surface area contributed by atoms with Crippen molar-refractivity contribution in [1.82, 2.24) is 0 Å². The van der Waals surface area contributed by atoms with Gasteiger partial charge in [-0.15, -0.1) is 6.58 Å². The van der Waals surface area contributed by atoms with E-state index in [1.807, 2.05) is 0 Å². The third-order valence-electron chi connectivity index (χ3n) is 13.0. The number of hydrogen-bond acceptors (Lipinski definition) is 1. The first-order valence-electron chi connectivity index (χ1n) is 13.3. The first-order chi connectivity index (χ1) is 14.5. The van der Waals surface area contributed by atoms with Crippen molar-refractivity contribution in [3.05, 3.63) is 12.7 Å². The highest BCUT2D eigenvalue weighted by molar-refractivity contribution is 5.76. The predicted octanol–water partition coefficient (Wildman–Crippen LogP) is 7.73. The van der Waals surface area contributed by atoms with E-state index in [1.165, 1.54) is 44.9 Å². The summed E-state index contributed by atoms with van der Waals surface area (Å²) in [5.74, 6) is 2.36. The van der Waals surface area contributed by atoms with Crippen molar-refractivity contribution in [2.24, 2.45) is 56.7 Å². The summed E-state index contributed by atoms with van der Waals surface area (Å²) in [6.45, 7) is 17.2. The minimum atomic E-state index is -0.513. The number of allylic oxidation sites excluding steroid dienone is 1. The van der Waals surface area contributed by atoms with Gasteiger partial charge in [0.25, 0.3) is 0 Å². The molecule has 5 fully saturated rings. The molecule has 0 radical (unpaired) electrons. The summed E-state index contributed by atoms with van der Waals surface area (Å²) < 4.78 is 0. The normalized spacial score (nSPS) is 55.3. The summed E-state index contributed by atoms with van der Waals surface area (Å²) in [4.78, 5) is 12.6. The zero-order valence-corrected chi connectivity index (χ0v) is 20.8. The number of fused-ring (bicyclic) bond motifs is 7. The Labute approximate surface area is 190 Å². The molecule has 0 amide bonds. The van der Waals surface area contributed by atoms with E-state index in [-0.39, 0.29) is 5.41 Å². The molecule has 0 heterocycles. The van der Waals surface area contributed by atoms with Crippen molar-refractivity contribution in [2.75, 3.05) is 0 Å². The van der Waals surface area contributed by atoms with Gasteiger partial charge in [0.2, 0.25) is 0 Å².